The minimum absolute atomic E-state index is 0.179. The van der Waals surface area contributed by atoms with Crippen LogP contribution in [-0.4, -0.2) is 82.2 Å². The number of benzene rings is 1. The first-order valence-electron chi connectivity index (χ1n) is 13.7. The van der Waals surface area contributed by atoms with Crippen molar-refractivity contribution in [3.05, 3.63) is 54.4 Å². The largest absolute Gasteiger partial charge is 0.507 e. The molecule has 9 nitrogen and oxygen atoms in total. The molecule has 2 aromatic heterocycles. The number of fused-ring (bicyclic) bond motifs is 2. The van der Waals surface area contributed by atoms with Crippen molar-refractivity contribution in [3.8, 4) is 28.8 Å². The van der Waals surface area contributed by atoms with E-state index in [1.807, 2.05) is 24.4 Å². The topological polar surface area (TPSA) is 104 Å². The van der Waals surface area contributed by atoms with Gasteiger partial charge in [0, 0.05) is 55.7 Å². The molecule has 5 heterocycles. The Bertz CT molecular complexity index is 1380. The van der Waals surface area contributed by atoms with Crippen LogP contribution in [-0.2, 0) is 4.74 Å². The Morgan fingerprint density at radius 3 is 2.49 bits per heavy atom. The minimum Gasteiger partial charge on any atom is -0.507 e. The second-order valence-corrected chi connectivity index (χ2v) is 10.9. The lowest BCUT2D eigenvalue weighted by Crippen LogP contribution is -2.54. The molecule has 2 unspecified atom stereocenters. The van der Waals surface area contributed by atoms with Crippen LogP contribution >= 0.6 is 0 Å². The molecule has 3 fully saturated rings. The molecule has 0 spiro atoms. The van der Waals surface area contributed by atoms with Gasteiger partial charge in [0.15, 0.2) is 5.82 Å². The highest BCUT2D eigenvalue weighted by Gasteiger charge is 2.40. The van der Waals surface area contributed by atoms with Gasteiger partial charge in [-0.2, -0.15) is 0 Å². The average Bonchev–Trinajstić information content (AvgIpc) is 3.18. The van der Waals surface area contributed by atoms with Gasteiger partial charge in [0.25, 0.3) is 0 Å². The summed E-state index contributed by atoms with van der Waals surface area (Å²) in [4.78, 5) is 11.7. The Morgan fingerprint density at radius 2 is 1.74 bits per heavy atom. The highest BCUT2D eigenvalue weighted by Crippen LogP contribution is 2.39. The molecule has 1 aromatic carbocycles. The van der Waals surface area contributed by atoms with Gasteiger partial charge in [0.2, 0.25) is 0 Å². The van der Waals surface area contributed by atoms with E-state index in [4.69, 9.17) is 10.5 Å². The predicted molar refractivity (Wildman–Crippen MR) is 153 cm³/mol. The maximum atomic E-state index is 10.3. The lowest BCUT2D eigenvalue weighted by molar-refractivity contribution is -0.0640. The summed E-state index contributed by atoms with van der Waals surface area (Å²) in [7, 11) is 0. The zero-order chi connectivity index (χ0) is 26.9. The van der Waals surface area contributed by atoms with Crippen molar-refractivity contribution >= 4 is 17.2 Å². The number of hydrogen-bond acceptors (Lipinski definition) is 9. The number of nitrogens with zero attached hydrogens (tertiary/aromatic N) is 6. The van der Waals surface area contributed by atoms with Crippen LogP contribution in [0.3, 0.4) is 0 Å². The number of hydrogen-bond donors (Lipinski definition) is 2. The van der Waals surface area contributed by atoms with E-state index in [1.54, 1.807) is 12.1 Å². The van der Waals surface area contributed by atoms with E-state index in [1.165, 1.54) is 5.69 Å². The zero-order valence-corrected chi connectivity index (χ0v) is 22.5. The van der Waals surface area contributed by atoms with Crippen molar-refractivity contribution in [3.63, 3.8) is 0 Å². The summed E-state index contributed by atoms with van der Waals surface area (Å²) in [6.45, 7) is 8.44. The van der Waals surface area contributed by atoms with Crippen molar-refractivity contribution in [2.45, 2.75) is 51.0 Å². The molecule has 39 heavy (non-hydrogen) atoms. The van der Waals surface area contributed by atoms with Crippen LogP contribution in [0.4, 0.5) is 17.2 Å². The molecule has 9 heteroatoms. The van der Waals surface area contributed by atoms with Crippen LogP contribution in [0.2, 0.25) is 0 Å². The highest BCUT2D eigenvalue weighted by molar-refractivity contribution is 5.74. The van der Waals surface area contributed by atoms with Crippen LogP contribution in [0.5, 0.6) is 5.75 Å². The lowest BCUT2D eigenvalue weighted by atomic mass is 10.1. The fourth-order valence-corrected chi connectivity index (χ4v) is 6.29. The maximum Gasteiger partial charge on any atom is 0.169 e. The van der Waals surface area contributed by atoms with E-state index in [-0.39, 0.29) is 18.0 Å². The van der Waals surface area contributed by atoms with Crippen LogP contribution in [0.25, 0.3) is 11.3 Å². The number of morpholine rings is 1. The van der Waals surface area contributed by atoms with Crippen molar-refractivity contribution in [1.82, 2.24) is 20.1 Å². The standard InChI is InChI=1S/C30H35N7O2/c1-20-16-35(17-21(2)39-20)13-5-6-22-14-23(11-12-32-22)37-24-9-10-25(37)19-36(18-24)28-15-27(33-34-30(28)31)26-7-3-4-8-29(26)38/h3-4,7-8,11-12,14-15,20-21,24-25,38H,9-10,13,16-19H2,1-2H3,(H2,31,34)/t20-,21+,24?,25?. The van der Waals surface area contributed by atoms with Crippen molar-refractivity contribution in [2.75, 3.05) is 48.3 Å². The van der Waals surface area contributed by atoms with Crippen LogP contribution in [0.15, 0.2) is 48.7 Å². The number of para-hydroxylation sites is 1. The first-order chi connectivity index (χ1) is 18.9. The van der Waals surface area contributed by atoms with Crippen LogP contribution in [0, 0.1) is 11.8 Å². The molecule has 0 aliphatic carbocycles. The first kappa shape index (κ1) is 25.4. The second kappa shape index (κ2) is 10.7. The summed E-state index contributed by atoms with van der Waals surface area (Å²) in [6.07, 6.45) is 4.57. The summed E-state index contributed by atoms with van der Waals surface area (Å²) in [6, 6.07) is 14.0. The fourth-order valence-electron chi connectivity index (χ4n) is 6.29. The molecule has 4 atom stereocenters. The average molecular weight is 526 g/mol. The van der Waals surface area contributed by atoms with Gasteiger partial charge < -0.3 is 25.4 Å². The number of phenolic OH excluding ortho intramolecular Hbond substituents is 1. The number of nitrogen functional groups attached to an aromatic ring is 1. The Kier molecular flexibility index (Phi) is 6.98. The molecule has 3 N–H and O–H groups in total. The highest BCUT2D eigenvalue weighted by atomic mass is 16.5. The zero-order valence-electron chi connectivity index (χ0n) is 22.5. The number of rotatable bonds is 4. The minimum atomic E-state index is 0.179. The van der Waals surface area contributed by atoms with Gasteiger partial charge in [-0.3, -0.25) is 4.90 Å². The summed E-state index contributed by atoms with van der Waals surface area (Å²) in [5.74, 6) is 7.20. The van der Waals surface area contributed by atoms with Crippen LogP contribution in [0.1, 0.15) is 32.4 Å². The third-order valence-electron chi connectivity index (χ3n) is 7.86. The molecule has 0 amide bonds. The molecule has 2 bridgehead atoms. The molecule has 0 radical (unpaired) electrons. The van der Waals surface area contributed by atoms with Gasteiger partial charge in [-0.1, -0.05) is 18.1 Å². The van der Waals surface area contributed by atoms with E-state index in [0.717, 1.165) is 56.9 Å². The van der Waals surface area contributed by atoms with Crippen molar-refractivity contribution in [2.24, 2.45) is 0 Å². The summed E-state index contributed by atoms with van der Waals surface area (Å²) in [5, 5.41) is 18.8. The predicted octanol–water partition coefficient (Wildman–Crippen LogP) is 3.14. The second-order valence-electron chi connectivity index (χ2n) is 10.9. The van der Waals surface area contributed by atoms with E-state index >= 15 is 0 Å². The Balaban J connectivity index is 1.17. The van der Waals surface area contributed by atoms with Crippen molar-refractivity contribution in [1.29, 1.82) is 0 Å². The van der Waals surface area contributed by atoms with E-state index in [9.17, 15) is 5.11 Å². The summed E-state index contributed by atoms with van der Waals surface area (Å²) < 4.78 is 5.83. The molecule has 3 aliphatic heterocycles. The van der Waals surface area contributed by atoms with E-state index in [0.29, 0.717) is 29.2 Å². The number of aromatic hydroxyl groups is 1. The number of ether oxygens (including phenoxy) is 1. The molecular weight excluding hydrogens is 490 g/mol. The monoisotopic (exact) mass is 525 g/mol. The van der Waals surface area contributed by atoms with Gasteiger partial charge in [-0.05, 0) is 62.9 Å². The number of anilines is 3. The SMILES string of the molecule is C[C@@H]1CN(CC#Cc2cc(N3C4CCC3CN(c3cc(-c5ccccc5O)nnc3N)C4)ccn2)C[C@H](C)O1. The third kappa shape index (κ3) is 5.35. The molecule has 3 saturated heterocycles. The maximum absolute atomic E-state index is 10.3. The number of pyridine rings is 1. The molecule has 202 valence electrons. The molecular formula is C30H35N7O2. The van der Waals surface area contributed by atoms with Gasteiger partial charge in [0.05, 0.1) is 30.1 Å². The molecule has 3 aliphatic rings. The number of piperazine rings is 1. The first-order valence-corrected chi connectivity index (χ1v) is 13.7. The van der Waals surface area contributed by atoms with Crippen LogP contribution < -0.4 is 15.5 Å². The fraction of sp³-hybridized carbons (Fsp3) is 0.433. The van der Waals surface area contributed by atoms with E-state index in [2.05, 4.69) is 67.7 Å². The molecule has 0 saturated carbocycles. The third-order valence-corrected chi connectivity index (χ3v) is 7.86. The quantitative estimate of drug-likeness (QED) is 0.497. The molecule has 3 aromatic rings. The Labute approximate surface area is 229 Å². The smallest absolute Gasteiger partial charge is 0.169 e. The lowest BCUT2D eigenvalue weighted by Gasteiger charge is -2.43. The molecule has 6 rings (SSSR count). The summed E-state index contributed by atoms with van der Waals surface area (Å²) >= 11 is 0. The number of nitrogens with two attached hydrogens (primary N) is 1. The number of phenols is 1. The van der Waals surface area contributed by atoms with E-state index < -0.39 is 0 Å². The van der Waals surface area contributed by atoms with Crippen molar-refractivity contribution < 1.29 is 9.84 Å². The Hall–Kier alpha value is -3.87. The summed E-state index contributed by atoms with van der Waals surface area (Å²) in [5.41, 5.74) is 10.4. The van der Waals surface area contributed by atoms with Gasteiger partial charge >= 0.3 is 0 Å². The normalized spacial score (nSPS) is 24.9. The van der Waals surface area contributed by atoms with Gasteiger partial charge in [0.1, 0.15) is 11.4 Å². The van der Waals surface area contributed by atoms with Gasteiger partial charge in [-0.15, -0.1) is 10.2 Å². The Morgan fingerprint density at radius 1 is 1.00 bits per heavy atom. The number of aromatic nitrogens is 3. The van der Waals surface area contributed by atoms with Gasteiger partial charge in [-0.25, -0.2) is 4.98 Å².